The van der Waals surface area contributed by atoms with E-state index < -0.39 is 0 Å². The number of nitrogens with zero attached hydrogens (tertiary/aromatic N) is 1. The Bertz CT molecular complexity index is 392. The second kappa shape index (κ2) is 6.19. The fraction of sp³-hybridized carbons (Fsp3) is 0.600. The molecule has 1 saturated heterocycles. The Morgan fingerprint density at radius 2 is 2.22 bits per heavy atom. The molecule has 1 unspecified atom stereocenters. The van der Waals surface area contributed by atoms with Crippen LogP contribution in [0.25, 0.3) is 0 Å². The molecule has 0 aliphatic carbocycles. The molecule has 18 heavy (non-hydrogen) atoms. The maximum absolute atomic E-state index is 13.9. The van der Waals surface area contributed by atoms with Crippen molar-refractivity contribution in [2.24, 2.45) is 0 Å². The Balaban J connectivity index is 2.12. The van der Waals surface area contributed by atoms with Crippen LogP contribution in [0.2, 0.25) is 0 Å². The molecule has 2 rings (SSSR count). The predicted octanol–water partition coefficient (Wildman–Crippen LogP) is 3.10. The molecule has 1 atom stereocenters. The summed E-state index contributed by atoms with van der Waals surface area (Å²) >= 11 is 0. The smallest absolute Gasteiger partial charge is 0.146 e. The third-order valence-corrected chi connectivity index (χ3v) is 3.72. The number of aryl methyl sites for hydroxylation is 1. The fourth-order valence-electron chi connectivity index (χ4n) is 2.56. The molecule has 1 fully saturated rings. The number of hydrogen-bond acceptors (Lipinski definition) is 2. The lowest BCUT2D eigenvalue weighted by Gasteiger charge is -2.31. The van der Waals surface area contributed by atoms with Crippen LogP contribution >= 0.6 is 0 Å². The molecule has 1 aromatic carbocycles. The van der Waals surface area contributed by atoms with Crippen molar-refractivity contribution >= 4 is 5.69 Å². The molecular formula is C15H23FN2. The van der Waals surface area contributed by atoms with Gasteiger partial charge in [0.05, 0.1) is 5.69 Å². The predicted molar refractivity (Wildman–Crippen MR) is 74.7 cm³/mol. The molecule has 0 amide bonds. The second-order valence-corrected chi connectivity index (χ2v) is 5.14. The summed E-state index contributed by atoms with van der Waals surface area (Å²) in [6.45, 7) is 7.12. The van der Waals surface area contributed by atoms with E-state index in [1.165, 1.54) is 0 Å². The number of nitrogens with one attached hydrogen (secondary N) is 1. The Morgan fingerprint density at radius 1 is 1.39 bits per heavy atom. The maximum atomic E-state index is 13.9. The van der Waals surface area contributed by atoms with Crippen LogP contribution in [0.5, 0.6) is 0 Å². The van der Waals surface area contributed by atoms with Crippen molar-refractivity contribution in [3.8, 4) is 0 Å². The summed E-state index contributed by atoms with van der Waals surface area (Å²) in [4.78, 5) is 2.20. The minimum absolute atomic E-state index is 0.0952. The van der Waals surface area contributed by atoms with Crippen molar-refractivity contribution in [2.45, 2.75) is 39.2 Å². The SMILES string of the molecule is CCC1CCN(c2cc(C)ccc2F)CCCN1. The van der Waals surface area contributed by atoms with Gasteiger partial charge in [-0.1, -0.05) is 13.0 Å². The lowest BCUT2D eigenvalue weighted by Crippen LogP contribution is -2.39. The highest BCUT2D eigenvalue weighted by atomic mass is 19.1. The molecule has 1 heterocycles. The molecule has 1 aliphatic rings. The Morgan fingerprint density at radius 3 is 3.00 bits per heavy atom. The third kappa shape index (κ3) is 3.22. The van der Waals surface area contributed by atoms with Crippen LogP contribution in [0.15, 0.2) is 18.2 Å². The highest BCUT2D eigenvalue weighted by Crippen LogP contribution is 2.22. The van der Waals surface area contributed by atoms with Gasteiger partial charge in [-0.2, -0.15) is 0 Å². The molecule has 1 aliphatic heterocycles. The molecule has 100 valence electrons. The van der Waals surface area contributed by atoms with Gasteiger partial charge in [0.15, 0.2) is 0 Å². The van der Waals surface area contributed by atoms with Gasteiger partial charge < -0.3 is 10.2 Å². The monoisotopic (exact) mass is 250 g/mol. The Labute approximate surface area is 109 Å². The lowest BCUT2D eigenvalue weighted by molar-refractivity contribution is 0.437. The summed E-state index contributed by atoms with van der Waals surface area (Å²) in [5.41, 5.74) is 1.89. The first-order valence-corrected chi connectivity index (χ1v) is 6.95. The summed E-state index contributed by atoms with van der Waals surface area (Å²) in [5.74, 6) is -0.0952. The van der Waals surface area contributed by atoms with E-state index >= 15 is 0 Å². The van der Waals surface area contributed by atoms with E-state index in [2.05, 4.69) is 17.1 Å². The standard InChI is InChI=1S/C15H23FN2/c1-3-13-7-10-18(9-4-8-17-13)15-11-12(2)5-6-14(15)16/h5-6,11,13,17H,3-4,7-10H2,1-2H3. The maximum Gasteiger partial charge on any atom is 0.146 e. The van der Waals surface area contributed by atoms with Crippen molar-refractivity contribution < 1.29 is 4.39 Å². The van der Waals surface area contributed by atoms with Crippen LogP contribution in [0.4, 0.5) is 10.1 Å². The first-order chi connectivity index (χ1) is 8.70. The lowest BCUT2D eigenvalue weighted by atomic mass is 10.1. The van der Waals surface area contributed by atoms with Crippen LogP contribution in [0, 0.1) is 12.7 Å². The zero-order valence-electron chi connectivity index (χ0n) is 11.4. The topological polar surface area (TPSA) is 15.3 Å². The largest absolute Gasteiger partial charge is 0.369 e. The first kappa shape index (κ1) is 13.3. The highest BCUT2D eigenvalue weighted by Gasteiger charge is 2.16. The minimum atomic E-state index is -0.0952. The molecule has 0 radical (unpaired) electrons. The molecule has 2 nitrogen and oxygen atoms in total. The van der Waals surface area contributed by atoms with Gasteiger partial charge in [-0.05, 0) is 50.4 Å². The Kier molecular flexibility index (Phi) is 4.59. The zero-order valence-corrected chi connectivity index (χ0v) is 11.4. The van der Waals surface area contributed by atoms with E-state index in [1.807, 2.05) is 19.1 Å². The van der Waals surface area contributed by atoms with E-state index in [-0.39, 0.29) is 5.82 Å². The number of halogens is 1. The summed E-state index contributed by atoms with van der Waals surface area (Å²) < 4.78 is 13.9. The average molecular weight is 250 g/mol. The molecule has 1 aromatic rings. The summed E-state index contributed by atoms with van der Waals surface area (Å²) in [6, 6.07) is 5.95. The van der Waals surface area contributed by atoms with E-state index in [4.69, 9.17) is 0 Å². The molecule has 0 spiro atoms. The van der Waals surface area contributed by atoms with Gasteiger partial charge in [-0.3, -0.25) is 0 Å². The fourth-order valence-corrected chi connectivity index (χ4v) is 2.56. The van der Waals surface area contributed by atoms with Gasteiger partial charge >= 0.3 is 0 Å². The van der Waals surface area contributed by atoms with Gasteiger partial charge in [0.25, 0.3) is 0 Å². The van der Waals surface area contributed by atoms with Crippen LogP contribution < -0.4 is 10.2 Å². The summed E-state index contributed by atoms with van der Waals surface area (Å²) in [5, 5.41) is 3.55. The summed E-state index contributed by atoms with van der Waals surface area (Å²) in [7, 11) is 0. The molecule has 0 bridgehead atoms. The van der Waals surface area contributed by atoms with Crippen LogP contribution in [-0.2, 0) is 0 Å². The van der Waals surface area contributed by atoms with Crippen LogP contribution in [0.3, 0.4) is 0 Å². The van der Waals surface area contributed by atoms with Gasteiger partial charge in [0, 0.05) is 19.1 Å². The van der Waals surface area contributed by atoms with E-state index in [0.29, 0.717) is 6.04 Å². The molecule has 0 saturated carbocycles. The molecule has 1 N–H and O–H groups in total. The Hall–Kier alpha value is -1.09. The van der Waals surface area contributed by atoms with Gasteiger partial charge in [-0.15, -0.1) is 0 Å². The van der Waals surface area contributed by atoms with E-state index in [1.54, 1.807) is 6.07 Å². The number of benzene rings is 1. The summed E-state index contributed by atoms with van der Waals surface area (Å²) in [6.07, 6.45) is 3.30. The van der Waals surface area contributed by atoms with Crippen molar-refractivity contribution in [3.63, 3.8) is 0 Å². The number of hydrogen-bond donors (Lipinski definition) is 1. The van der Waals surface area contributed by atoms with Crippen molar-refractivity contribution in [1.29, 1.82) is 0 Å². The van der Waals surface area contributed by atoms with E-state index in [0.717, 1.165) is 50.1 Å². The van der Waals surface area contributed by atoms with Crippen LogP contribution in [0.1, 0.15) is 31.7 Å². The van der Waals surface area contributed by atoms with E-state index in [9.17, 15) is 4.39 Å². The normalized spacial score (nSPS) is 21.5. The quantitative estimate of drug-likeness (QED) is 0.867. The molecule has 0 aromatic heterocycles. The second-order valence-electron chi connectivity index (χ2n) is 5.14. The zero-order chi connectivity index (χ0) is 13.0. The molecule has 3 heteroatoms. The first-order valence-electron chi connectivity index (χ1n) is 6.95. The highest BCUT2D eigenvalue weighted by molar-refractivity contribution is 5.49. The van der Waals surface area contributed by atoms with Crippen molar-refractivity contribution in [1.82, 2.24) is 5.32 Å². The van der Waals surface area contributed by atoms with Crippen molar-refractivity contribution in [2.75, 3.05) is 24.5 Å². The van der Waals surface area contributed by atoms with Gasteiger partial charge in [0.1, 0.15) is 5.82 Å². The molecular weight excluding hydrogens is 227 g/mol. The number of rotatable bonds is 2. The number of anilines is 1. The van der Waals surface area contributed by atoms with Crippen LogP contribution in [-0.4, -0.2) is 25.7 Å². The average Bonchev–Trinajstić information content (AvgIpc) is 2.33. The third-order valence-electron chi connectivity index (χ3n) is 3.72. The van der Waals surface area contributed by atoms with Gasteiger partial charge in [0.2, 0.25) is 0 Å². The minimum Gasteiger partial charge on any atom is -0.369 e. The van der Waals surface area contributed by atoms with Crippen molar-refractivity contribution in [3.05, 3.63) is 29.6 Å². The van der Waals surface area contributed by atoms with Gasteiger partial charge in [-0.25, -0.2) is 4.39 Å².